The Kier molecular flexibility index (Phi) is 7.47. The van der Waals surface area contributed by atoms with Gasteiger partial charge in [0.2, 0.25) is 0 Å². The van der Waals surface area contributed by atoms with E-state index in [0.29, 0.717) is 22.1 Å². The molecular formula is C21H17ClIN3O4. The molecule has 0 atom stereocenters. The molecular weight excluding hydrogens is 521 g/mol. The molecule has 2 N–H and O–H groups in total. The van der Waals surface area contributed by atoms with Gasteiger partial charge in [-0.15, -0.1) is 0 Å². The summed E-state index contributed by atoms with van der Waals surface area (Å²) in [6.07, 6.45) is 1.39. The minimum atomic E-state index is -0.531. The summed E-state index contributed by atoms with van der Waals surface area (Å²) in [5.41, 5.74) is 4.18. The Morgan fingerprint density at radius 1 is 1.17 bits per heavy atom. The standard InChI is InChI=1S/C21H17ClIN3O4/c1-29-21(28)17-10-13(2-8-18(17)22)19-9-7-16(30-19)11-25-26-20(27)12-24-15-5-3-14(23)4-6-15/h2-11,24H,12H2,1H3,(H,26,27)/b25-11-. The van der Waals surface area contributed by atoms with Crippen LogP contribution in [-0.4, -0.2) is 31.7 Å². The van der Waals surface area contributed by atoms with Crippen LogP contribution in [0.2, 0.25) is 5.02 Å². The molecule has 30 heavy (non-hydrogen) atoms. The quantitative estimate of drug-likeness (QED) is 0.200. The number of halogens is 2. The summed E-state index contributed by atoms with van der Waals surface area (Å²) >= 11 is 8.25. The van der Waals surface area contributed by atoms with E-state index in [9.17, 15) is 9.59 Å². The number of nitrogens with zero attached hydrogens (tertiary/aromatic N) is 1. The number of methoxy groups -OCH3 is 1. The second-order valence-corrected chi connectivity index (χ2v) is 7.69. The maximum atomic E-state index is 11.9. The number of carbonyl (C=O) groups is 2. The van der Waals surface area contributed by atoms with Crippen LogP contribution in [-0.2, 0) is 9.53 Å². The molecule has 1 amide bonds. The average Bonchev–Trinajstić information content (AvgIpc) is 3.22. The minimum Gasteiger partial charge on any atom is -0.465 e. The predicted molar refractivity (Wildman–Crippen MR) is 124 cm³/mol. The minimum absolute atomic E-state index is 0.0857. The van der Waals surface area contributed by atoms with E-state index in [-0.39, 0.29) is 18.0 Å². The number of anilines is 1. The van der Waals surface area contributed by atoms with Crippen LogP contribution < -0.4 is 10.7 Å². The lowest BCUT2D eigenvalue weighted by Gasteiger charge is -2.05. The SMILES string of the molecule is COC(=O)c1cc(-c2ccc(/C=N\NC(=O)CNc3ccc(I)cc3)o2)ccc1Cl. The average molecular weight is 538 g/mol. The molecule has 154 valence electrons. The monoisotopic (exact) mass is 537 g/mol. The number of hydrazone groups is 1. The molecule has 7 nitrogen and oxygen atoms in total. The van der Waals surface area contributed by atoms with Gasteiger partial charge in [0.25, 0.3) is 5.91 Å². The van der Waals surface area contributed by atoms with Crippen molar-refractivity contribution in [2.24, 2.45) is 5.10 Å². The van der Waals surface area contributed by atoms with Gasteiger partial charge in [-0.25, -0.2) is 10.2 Å². The number of ether oxygens (including phenoxy) is 1. The van der Waals surface area contributed by atoms with Crippen LogP contribution in [0.4, 0.5) is 5.69 Å². The van der Waals surface area contributed by atoms with E-state index in [0.717, 1.165) is 9.26 Å². The number of nitrogens with one attached hydrogen (secondary N) is 2. The van der Waals surface area contributed by atoms with Crippen molar-refractivity contribution in [3.8, 4) is 11.3 Å². The van der Waals surface area contributed by atoms with Crippen LogP contribution in [0.25, 0.3) is 11.3 Å². The van der Waals surface area contributed by atoms with Gasteiger partial charge >= 0.3 is 5.97 Å². The Hall–Kier alpha value is -2.85. The van der Waals surface area contributed by atoms with E-state index in [1.807, 2.05) is 24.3 Å². The van der Waals surface area contributed by atoms with E-state index in [4.69, 9.17) is 20.8 Å². The van der Waals surface area contributed by atoms with Crippen LogP contribution in [0.15, 0.2) is 64.1 Å². The summed E-state index contributed by atoms with van der Waals surface area (Å²) in [6.45, 7) is 0.0857. The second kappa shape index (κ2) is 10.3. The molecule has 0 aliphatic rings. The number of benzene rings is 2. The van der Waals surface area contributed by atoms with E-state index in [2.05, 4.69) is 38.4 Å². The third kappa shape index (κ3) is 5.83. The zero-order valence-electron chi connectivity index (χ0n) is 15.8. The predicted octanol–water partition coefficient (Wildman–Crippen LogP) is 4.55. The smallest absolute Gasteiger partial charge is 0.339 e. The first-order chi connectivity index (χ1) is 14.5. The van der Waals surface area contributed by atoms with Crippen molar-refractivity contribution in [2.45, 2.75) is 0 Å². The van der Waals surface area contributed by atoms with Crippen LogP contribution in [0, 0.1) is 3.57 Å². The molecule has 3 aromatic rings. The van der Waals surface area contributed by atoms with Gasteiger partial charge in [-0.05, 0) is 77.2 Å². The van der Waals surface area contributed by atoms with E-state index >= 15 is 0 Å². The number of hydrogen-bond acceptors (Lipinski definition) is 6. The molecule has 0 fully saturated rings. The highest BCUT2D eigenvalue weighted by atomic mass is 127. The summed E-state index contributed by atoms with van der Waals surface area (Å²) in [5.74, 6) is 0.129. The first kappa shape index (κ1) is 21.8. The van der Waals surface area contributed by atoms with Crippen molar-refractivity contribution in [1.29, 1.82) is 0 Å². The van der Waals surface area contributed by atoms with Gasteiger partial charge in [-0.1, -0.05) is 11.6 Å². The van der Waals surface area contributed by atoms with Crippen molar-refractivity contribution in [3.63, 3.8) is 0 Å². The Labute approximate surface area is 191 Å². The molecule has 0 spiro atoms. The van der Waals surface area contributed by atoms with Gasteiger partial charge < -0.3 is 14.5 Å². The lowest BCUT2D eigenvalue weighted by atomic mass is 10.1. The number of furan rings is 1. The molecule has 0 saturated heterocycles. The van der Waals surface area contributed by atoms with Crippen LogP contribution in [0.1, 0.15) is 16.1 Å². The van der Waals surface area contributed by atoms with Crippen LogP contribution in [0.5, 0.6) is 0 Å². The van der Waals surface area contributed by atoms with Crippen molar-refractivity contribution in [2.75, 3.05) is 19.0 Å². The van der Waals surface area contributed by atoms with E-state index in [1.54, 1.807) is 30.3 Å². The normalized spacial score (nSPS) is 10.8. The molecule has 1 aromatic heterocycles. The number of esters is 1. The van der Waals surface area contributed by atoms with Gasteiger partial charge in [0.1, 0.15) is 11.5 Å². The summed E-state index contributed by atoms with van der Waals surface area (Å²) in [4.78, 5) is 23.7. The fraction of sp³-hybridized carbons (Fsp3) is 0.0952. The zero-order valence-corrected chi connectivity index (χ0v) is 18.7. The molecule has 9 heteroatoms. The number of rotatable bonds is 7. The summed E-state index contributed by atoms with van der Waals surface area (Å²) in [5, 5.41) is 7.19. The van der Waals surface area contributed by atoms with Crippen LogP contribution in [0.3, 0.4) is 0 Å². The highest BCUT2D eigenvalue weighted by molar-refractivity contribution is 14.1. The van der Waals surface area contributed by atoms with E-state index < -0.39 is 5.97 Å². The highest BCUT2D eigenvalue weighted by Gasteiger charge is 2.13. The molecule has 0 radical (unpaired) electrons. The third-order valence-corrected chi connectivity index (χ3v) is 5.01. The second-order valence-electron chi connectivity index (χ2n) is 6.04. The van der Waals surface area contributed by atoms with Gasteiger partial charge in [-0.2, -0.15) is 5.10 Å². The number of amides is 1. The molecule has 0 bridgehead atoms. The maximum Gasteiger partial charge on any atom is 0.339 e. The number of carbonyl (C=O) groups excluding carboxylic acids is 2. The maximum absolute atomic E-state index is 11.9. The fourth-order valence-electron chi connectivity index (χ4n) is 2.48. The topological polar surface area (TPSA) is 92.9 Å². The Morgan fingerprint density at radius 2 is 1.93 bits per heavy atom. The zero-order chi connectivity index (χ0) is 21.5. The third-order valence-electron chi connectivity index (χ3n) is 3.96. The van der Waals surface area contributed by atoms with Gasteiger partial charge in [0, 0.05) is 14.8 Å². The first-order valence-electron chi connectivity index (χ1n) is 8.75. The fourth-order valence-corrected chi connectivity index (χ4v) is 3.03. The summed E-state index contributed by atoms with van der Waals surface area (Å²) in [7, 11) is 1.29. The highest BCUT2D eigenvalue weighted by Crippen LogP contribution is 2.27. The Morgan fingerprint density at radius 3 is 2.67 bits per heavy atom. The molecule has 0 unspecified atom stereocenters. The number of hydrogen-bond donors (Lipinski definition) is 2. The van der Waals surface area contributed by atoms with Crippen molar-refractivity contribution in [1.82, 2.24) is 5.43 Å². The molecule has 2 aromatic carbocycles. The van der Waals surface area contributed by atoms with Gasteiger partial charge in [-0.3, -0.25) is 4.79 Å². The van der Waals surface area contributed by atoms with Gasteiger partial charge in [0.05, 0.1) is 30.5 Å². The van der Waals surface area contributed by atoms with Gasteiger partial charge in [0.15, 0.2) is 0 Å². The van der Waals surface area contributed by atoms with E-state index in [1.165, 1.54) is 13.3 Å². The molecule has 3 rings (SSSR count). The lowest BCUT2D eigenvalue weighted by Crippen LogP contribution is -2.25. The summed E-state index contributed by atoms with van der Waals surface area (Å²) in [6, 6.07) is 16.0. The van der Waals surface area contributed by atoms with Crippen molar-refractivity contribution >= 4 is 58.0 Å². The van der Waals surface area contributed by atoms with Crippen molar-refractivity contribution < 1.29 is 18.7 Å². The Balaban J connectivity index is 1.57. The van der Waals surface area contributed by atoms with Crippen molar-refractivity contribution in [3.05, 3.63) is 74.5 Å². The van der Waals surface area contributed by atoms with Crippen LogP contribution >= 0.6 is 34.2 Å². The largest absolute Gasteiger partial charge is 0.465 e. The summed E-state index contributed by atoms with van der Waals surface area (Å²) < 4.78 is 11.5. The molecule has 0 saturated carbocycles. The molecule has 1 heterocycles. The lowest BCUT2D eigenvalue weighted by molar-refractivity contribution is -0.119. The first-order valence-corrected chi connectivity index (χ1v) is 10.2. The Bertz CT molecular complexity index is 1080. The molecule has 0 aliphatic heterocycles. The molecule has 0 aliphatic carbocycles.